The van der Waals surface area contributed by atoms with Crippen molar-refractivity contribution in [2.45, 2.75) is 13.0 Å². The number of aromatic nitrogens is 2. The molecule has 0 bridgehead atoms. The Bertz CT molecular complexity index is 938. The van der Waals surface area contributed by atoms with Crippen LogP contribution in [0.15, 0.2) is 35.3 Å². The van der Waals surface area contributed by atoms with Crippen LogP contribution in [0.1, 0.15) is 6.42 Å². The van der Waals surface area contributed by atoms with Gasteiger partial charge < -0.3 is 4.90 Å². The third-order valence-corrected chi connectivity index (χ3v) is 5.09. The first-order valence-electron chi connectivity index (χ1n) is 7.56. The molecule has 0 spiro atoms. The Balaban J connectivity index is 1.72. The average Bonchev–Trinajstić information content (AvgIpc) is 2.97. The third kappa shape index (κ3) is 3.62. The molecule has 0 radical (unpaired) electrons. The van der Waals surface area contributed by atoms with Crippen molar-refractivity contribution in [1.82, 2.24) is 14.7 Å². The van der Waals surface area contributed by atoms with Gasteiger partial charge in [-0.3, -0.25) is 9.59 Å². The Morgan fingerprint density at radius 1 is 1.33 bits per heavy atom. The molecule has 1 aromatic heterocycles. The van der Waals surface area contributed by atoms with Crippen molar-refractivity contribution in [2.24, 2.45) is 11.1 Å². The van der Waals surface area contributed by atoms with E-state index in [1.54, 1.807) is 29.3 Å². The maximum absolute atomic E-state index is 12.4. The summed E-state index contributed by atoms with van der Waals surface area (Å²) in [6.07, 6.45) is 2.14. The normalized spacial score (nSPS) is 18.2. The zero-order chi connectivity index (χ0) is 17.3. The third-order valence-electron chi connectivity index (χ3n) is 4.15. The van der Waals surface area contributed by atoms with Gasteiger partial charge in [0.25, 0.3) is 5.56 Å². The van der Waals surface area contributed by atoms with E-state index in [-0.39, 0.29) is 29.7 Å². The molecule has 128 valence electrons. The van der Waals surface area contributed by atoms with Crippen molar-refractivity contribution in [1.29, 1.82) is 0 Å². The number of hydrogen-bond donors (Lipinski definition) is 1. The number of nitrogens with zero attached hydrogens (tertiary/aromatic N) is 3. The Hall–Kier alpha value is -2.26. The van der Waals surface area contributed by atoms with Gasteiger partial charge in [-0.05, 0) is 18.4 Å². The fourth-order valence-electron chi connectivity index (χ4n) is 2.99. The molecule has 1 saturated heterocycles. The molecular formula is C15H18N4O4S. The first-order valence-corrected chi connectivity index (χ1v) is 9.28. The second kappa shape index (κ2) is 6.33. The minimum Gasteiger partial charge on any atom is -0.341 e. The molecule has 1 aliphatic heterocycles. The van der Waals surface area contributed by atoms with Gasteiger partial charge in [0.2, 0.25) is 15.9 Å². The standard InChI is InChI=1S/C15H18N4O4S/c16-24(22,23)10-11-5-6-18(8-11)14(20)9-19-15(21)13-4-2-1-3-12(13)7-17-19/h1-4,7,11H,5-6,8-10H2,(H2,16,22,23)/t11-/m0/s1. The first-order chi connectivity index (χ1) is 11.3. The molecule has 3 rings (SSSR count). The van der Waals surface area contributed by atoms with Gasteiger partial charge in [0.05, 0.1) is 17.3 Å². The second-order valence-corrected chi connectivity index (χ2v) is 7.68. The summed E-state index contributed by atoms with van der Waals surface area (Å²) in [4.78, 5) is 26.3. The number of hydrogen-bond acceptors (Lipinski definition) is 5. The molecule has 1 aliphatic rings. The Morgan fingerprint density at radius 2 is 2.08 bits per heavy atom. The van der Waals surface area contributed by atoms with Crippen LogP contribution >= 0.6 is 0 Å². The van der Waals surface area contributed by atoms with Gasteiger partial charge in [0.1, 0.15) is 6.54 Å². The molecule has 1 atom stereocenters. The lowest BCUT2D eigenvalue weighted by molar-refractivity contribution is -0.131. The minimum absolute atomic E-state index is 0.134. The molecule has 0 unspecified atom stereocenters. The molecular weight excluding hydrogens is 332 g/mol. The van der Waals surface area contributed by atoms with Crippen molar-refractivity contribution in [3.05, 3.63) is 40.8 Å². The fraction of sp³-hybridized carbons (Fsp3) is 0.400. The zero-order valence-electron chi connectivity index (χ0n) is 13.0. The quantitative estimate of drug-likeness (QED) is 0.801. The highest BCUT2D eigenvalue weighted by Crippen LogP contribution is 2.17. The van der Waals surface area contributed by atoms with E-state index in [9.17, 15) is 18.0 Å². The summed E-state index contributed by atoms with van der Waals surface area (Å²) in [5.41, 5.74) is -0.318. The molecule has 2 N–H and O–H groups in total. The van der Waals surface area contributed by atoms with Crippen LogP contribution in [0.5, 0.6) is 0 Å². The number of sulfonamides is 1. The topological polar surface area (TPSA) is 115 Å². The summed E-state index contributed by atoms with van der Waals surface area (Å²) < 4.78 is 23.4. The lowest BCUT2D eigenvalue weighted by atomic mass is 10.2. The molecule has 1 fully saturated rings. The van der Waals surface area contributed by atoms with Crippen molar-refractivity contribution in [2.75, 3.05) is 18.8 Å². The highest BCUT2D eigenvalue weighted by Gasteiger charge is 2.29. The van der Waals surface area contributed by atoms with E-state index in [1.165, 1.54) is 0 Å². The number of carbonyl (C=O) groups excluding carboxylic acids is 1. The van der Waals surface area contributed by atoms with E-state index in [4.69, 9.17) is 5.14 Å². The van der Waals surface area contributed by atoms with Gasteiger partial charge in [-0.2, -0.15) is 5.10 Å². The van der Waals surface area contributed by atoms with Crippen molar-refractivity contribution in [3.8, 4) is 0 Å². The van der Waals surface area contributed by atoms with Crippen LogP contribution in [0.2, 0.25) is 0 Å². The van der Waals surface area contributed by atoms with E-state index in [2.05, 4.69) is 5.10 Å². The lowest BCUT2D eigenvalue weighted by Crippen LogP contribution is -2.36. The maximum atomic E-state index is 12.4. The van der Waals surface area contributed by atoms with Crippen molar-refractivity contribution >= 4 is 26.7 Å². The molecule has 0 aliphatic carbocycles. The van der Waals surface area contributed by atoms with Crippen molar-refractivity contribution < 1.29 is 13.2 Å². The first kappa shape index (κ1) is 16.6. The van der Waals surface area contributed by atoms with Gasteiger partial charge in [0.15, 0.2) is 0 Å². The number of benzene rings is 1. The Labute approximate surface area is 138 Å². The predicted octanol–water partition coefficient (Wildman–Crippen LogP) is -0.466. The number of nitrogens with two attached hydrogens (primary N) is 1. The average molecular weight is 350 g/mol. The Kier molecular flexibility index (Phi) is 4.37. The summed E-state index contributed by atoms with van der Waals surface area (Å²) in [5, 5.41) is 10.3. The molecule has 1 amide bonds. The van der Waals surface area contributed by atoms with Gasteiger partial charge in [-0.15, -0.1) is 0 Å². The fourth-order valence-corrected chi connectivity index (χ4v) is 3.92. The van der Waals surface area contributed by atoms with Gasteiger partial charge >= 0.3 is 0 Å². The van der Waals surface area contributed by atoms with Gasteiger partial charge in [-0.1, -0.05) is 18.2 Å². The number of primary sulfonamides is 1. The van der Waals surface area contributed by atoms with Crippen LogP contribution in [0, 0.1) is 5.92 Å². The molecule has 9 heteroatoms. The van der Waals surface area contributed by atoms with E-state index in [0.717, 1.165) is 10.1 Å². The molecule has 2 heterocycles. The summed E-state index contributed by atoms with van der Waals surface area (Å²) >= 11 is 0. The number of likely N-dealkylation sites (tertiary alicyclic amines) is 1. The van der Waals surface area contributed by atoms with Crippen LogP contribution in [0.25, 0.3) is 10.8 Å². The number of rotatable bonds is 4. The summed E-state index contributed by atoms with van der Waals surface area (Å²) in [6, 6.07) is 7.05. The largest absolute Gasteiger partial charge is 0.341 e. The monoisotopic (exact) mass is 350 g/mol. The SMILES string of the molecule is NS(=O)(=O)C[C@H]1CCN(C(=O)Cn2ncc3ccccc3c2=O)C1. The summed E-state index contributed by atoms with van der Waals surface area (Å²) in [5.74, 6) is -0.549. The smallest absolute Gasteiger partial charge is 0.275 e. The van der Waals surface area contributed by atoms with E-state index in [1.807, 2.05) is 6.07 Å². The molecule has 2 aromatic rings. The molecule has 1 aromatic carbocycles. The maximum Gasteiger partial charge on any atom is 0.275 e. The number of carbonyl (C=O) groups is 1. The van der Waals surface area contributed by atoms with Crippen LogP contribution in [-0.4, -0.2) is 47.8 Å². The molecule has 8 nitrogen and oxygen atoms in total. The molecule has 24 heavy (non-hydrogen) atoms. The van der Waals surface area contributed by atoms with Gasteiger partial charge in [-0.25, -0.2) is 18.2 Å². The molecule has 0 saturated carbocycles. The Morgan fingerprint density at radius 3 is 2.83 bits per heavy atom. The summed E-state index contributed by atoms with van der Waals surface area (Å²) in [6.45, 7) is 0.630. The van der Waals surface area contributed by atoms with Crippen LogP contribution in [0.3, 0.4) is 0 Å². The highest BCUT2D eigenvalue weighted by atomic mass is 32.2. The van der Waals surface area contributed by atoms with E-state index < -0.39 is 10.0 Å². The van der Waals surface area contributed by atoms with Crippen molar-refractivity contribution in [3.63, 3.8) is 0 Å². The van der Waals surface area contributed by atoms with Gasteiger partial charge in [0, 0.05) is 18.5 Å². The lowest BCUT2D eigenvalue weighted by Gasteiger charge is -2.16. The predicted molar refractivity (Wildman–Crippen MR) is 88.7 cm³/mol. The van der Waals surface area contributed by atoms with E-state index >= 15 is 0 Å². The van der Waals surface area contributed by atoms with E-state index in [0.29, 0.717) is 24.9 Å². The zero-order valence-corrected chi connectivity index (χ0v) is 13.8. The number of amides is 1. The second-order valence-electron chi connectivity index (χ2n) is 6.02. The summed E-state index contributed by atoms with van der Waals surface area (Å²) in [7, 11) is -3.55. The minimum atomic E-state index is -3.55. The highest BCUT2D eigenvalue weighted by molar-refractivity contribution is 7.89. The van der Waals surface area contributed by atoms with Crippen LogP contribution in [0.4, 0.5) is 0 Å². The number of fused-ring (bicyclic) bond motifs is 1. The van der Waals surface area contributed by atoms with Crippen LogP contribution < -0.4 is 10.7 Å². The van der Waals surface area contributed by atoms with Crippen LogP contribution in [-0.2, 0) is 21.4 Å².